The number of nitrogens with zero attached hydrogens (tertiary/aromatic N) is 1. The molecule has 1 saturated heterocycles. The van der Waals surface area contributed by atoms with Gasteiger partial charge in [0.25, 0.3) is 0 Å². The molecule has 1 atom stereocenters. The quantitative estimate of drug-likeness (QED) is 0.859. The molecule has 1 heterocycles. The highest BCUT2D eigenvalue weighted by Gasteiger charge is 2.23. The van der Waals surface area contributed by atoms with Crippen molar-refractivity contribution in [1.82, 2.24) is 4.90 Å². The lowest BCUT2D eigenvalue weighted by molar-refractivity contribution is 0.199. The fourth-order valence-electron chi connectivity index (χ4n) is 2.34. The van der Waals surface area contributed by atoms with Gasteiger partial charge < -0.3 is 10.6 Å². The maximum absolute atomic E-state index is 6.30. The van der Waals surface area contributed by atoms with Crippen LogP contribution in [0.5, 0.6) is 0 Å². The van der Waals surface area contributed by atoms with Crippen LogP contribution in [0.4, 0.5) is 0 Å². The van der Waals surface area contributed by atoms with E-state index in [9.17, 15) is 0 Å². The fraction of sp³-hybridized carbons (Fsp3) is 0.538. The molecular weight excluding hydrogens is 220 g/mol. The topological polar surface area (TPSA) is 29.3 Å². The summed E-state index contributed by atoms with van der Waals surface area (Å²) in [5.41, 5.74) is 7.51. The highest BCUT2D eigenvalue weighted by molar-refractivity contribution is 6.30. The molecule has 0 bridgehead atoms. The zero-order chi connectivity index (χ0) is 11.5. The van der Waals surface area contributed by atoms with Gasteiger partial charge in [-0.15, -0.1) is 0 Å². The van der Waals surface area contributed by atoms with E-state index in [0.29, 0.717) is 5.92 Å². The molecule has 2 nitrogen and oxygen atoms in total. The molecule has 1 aliphatic heterocycles. The average Bonchev–Trinajstić information content (AvgIpc) is 2.30. The van der Waals surface area contributed by atoms with E-state index in [-0.39, 0.29) is 6.04 Å². The Bertz CT molecular complexity index is 328. The van der Waals surface area contributed by atoms with E-state index in [1.165, 1.54) is 18.4 Å². The van der Waals surface area contributed by atoms with Crippen LogP contribution >= 0.6 is 11.6 Å². The van der Waals surface area contributed by atoms with Crippen LogP contribution in [0, 0.1) is 5.92 Å². The van der Waals surface area contributed by atoms with E-state index in [4.69, 9.17) is 17.3 Å². The minimum absolute atomic E-state index is 0.158. The Morgan fingerprint density at radius 3 is 2.38 bits per heavy atom. The third-order valence-corrected chi connectivity index (χ3v) is 3.78. The maximum atomic E-state index is 6.30. The zero-order valence-electron chi connectivity index (χ0n) is 9.70. The SMILES string of the molecule is CN1CCC(C(N)c2ccc(Cl)cc2)CC1. The third-order valence-electron chi connectivity index (χ3n) is 3.53. The van der Waals surface area contributed by atoms with Gasteiger partial charge in [0.15, 0.2) is 0 Å². The first-order valence-corrected chi connectivity index (χ1v) is 6.24. The van der Waals surface area contributed by atoms with Crippen molar-refractivity contribution in [3.05, 3.63) is 34.9 Å². The molecule has 0 amide bonds. The first-order chi connectivity index (χ1) is 7.66. The average molecular weight is 239 g/mol. The summed E-state index contributed by atoms with van der Waals surface area (Å²) in [6.07, 6.45) is 2.39. The summed E-state index contributed by atoms with van der Waals surface area (Å²) in [5.74, 6) is 0.609. The van der Waals surface area contributed by atoms with Gasteiger partial charge in [-0.1, -0.05) is 23.7 Å². The number of hydrogen-bond acceptors (Lipinski definition) is 2. The lowest BCUT2D eigenvalue weighted by Crippen LogP contribution is -2.35. The van der Waals surface area contributed by atoms with Gasteiger partial charge in [-0.05, 0) is 56.6 Å². The molecule has 1 aromatic rings. The van der Waals surface area contributed by atoms with Crippen LogP contribution in [-0.2, 0) is 0 Å². The van der Waals surface area contributed by atoms with E-state index in [1.54, 1.807) is 0 Å². The fourth-order valence-corrected chi connectivity index (χ4v) is 2.47. The molecule has 1 aromatic carbocycles. The molecule has 1 aliphatic rings. The summed E-state index contributed by atoms with van der Waals surface area (Å²) in [4.78, 5) is 2.37. The number of benzene rings is 1. The molecule has 16 heavy (non-hydrogen) atoms. The predicted octanol–water partition coefficient (Wildman–Crippen LogP) is 2.68. The molecule has 3 heteroatoms. The van der Waals surface area contributed by atoms with Crippen LogP contribution in [0.15, 0.2) is 24.3 Å². The van der Waals surface area contributed by atoms with Crippen molar-refractivity contribution in [3.63, 3.8) is 0 Å². The second-order valence-corrected chi connectivity index (χ2v) is 5.15. The lowest BCUT2D eigenvalue weighted by atomic mass is 9.86. The molecular formula is C13H19ClN2. The van der Waals surface area contributed by atoms with Crippen LogP contribution in [-0.4, -0.2) is 25.0 Å². The van der Waals surface area contributed by atoms with E-state index < -0.39 is 0 Å². The van der Waals surface area contributed by atoms with Crippen molar-refractivity contribution in [2.24, 2.45) is 11.7 Å². The number of nitrogens with two attached hydrogens (primary N) is 1. The molecule has 1 unspecified atom stereocenters. The molecule has 1 fully saturated rings. The van der Waals surface area contributed by atoms with E-state index in [0.717, 1.165) is 18.1 Å². The van der Waals surface area contributed by atoms with Crippen molar-refractivity contribution >= 4 is 11.6 Å². The summed E-state index contributed by atoms with van der Waals surface area (Å²) in [5, 5.41) is 0.777. The van der Waals surface area contributed by atoms with Gasteiger partial charge in [-0.2, -0.15) is 0 Å². The van der Waals surface area contributed by atoms with Crippen molar-refractivity contribution in [1.29, 1.82) is 0 Å². The predicted molar refractivity (Wildman–Crippen MR) is 68.6 cm³/mol. The Hall–Kier alpha value is -0.570. The monoisotopic (exact) mass is 238 g/mol. The second kappa shape index (κ2) is 5.17. The highest BCUT2D eigenvalue weighted by atomic mass is 35.5. The molecule has 0 saturated carbocycles. The van der Waals surface area contributed by atoms with Crippen molar-refractivity contribution < 1.29 is 0 Å². The van der Waals surface area contributed by atoms with Crippen LogP contribution in [0.25, 0.3) is 0 Å². The summed E-state index contributed by atoms with van der Waals surface area (Å²) < 4.78 is 0. The van der Waals surface area contributed by atoms with Crippen LogP contribution in [0.1, 0.15) is 24.4 Å². The molecule has 2 N–H and O–H groups in total. The molecule has 2 rings (SSSR count). The number of likely N-dealkylation sites (tertiary alicyclic amines) is 1. The van der Waals surface area contributed by atoms with E-state index >= 15 is 0 Å². The normalized spacial score (nSPS) is 20.9. The summed E-state index contributed by atoms with van der Waals surface area (Å²) in [6.45, 7) is 2.32. The Balaban J connectivity index is 2.01. The van der Waals surface area contributed by atoms with Gasteiger partial charge in [0.1, 0.15) is 0 Å². The standard InChI is InChI=1S/C13H19ClN2/c1-16-8-6-11(7-9-16)13(15)10-2-4-12(14)5-3-10/h2-5,11,13H,6-9,15H2,1H3. The minimum atomic E-state index is 0.158. The van der Waals surface area contributed by atoms with Gasteiger partial charge in [-0.25, -0.2) is 0 Å². The first kappa shape index (κ1) is 11.9. The maximum Gasteiger partial charge on any atom is 0.0406 e. The minimum Gasteiger partial charge on any atom is -0.324 e. The van der Waals surface area contributed by atoms with Gasteiger partial charge in [0.2, 0.25) is 0 Å². The summed E-state index contributed by atoms with van der Waals surface area (Å²) in [6, 6.07) is 8.10. The Labute approximate surface area is 102 Å². The third kappa shape index (κ3) is 2.76. The molecule has 0 radical (unpaired) electrons. The van der Waals surface area contributed by atoms with Gasteiger partial charge in [-0.3, -0.25) is 0 Å². The first-order valence-electron chi connectivity index (χ1n) is 5.86. The smallest absolute Gasteiger partial charge is 0.0406 e. The Kier molecular flexibility index (Phi) is 3.85. The summed E-state index contributed by atoms with van der Waals surface area (Å²) in [7, 11) is 2.17. The molecule has 0 aliphatic carbocycles. The van der Waals surface area contributed by atoms with Gasteiger partial charge in [0, 0.05) is 11.1 Å². The van der Waals surface area contributed by atoms with E-state index in [2.05, 4.69) is 11.9 Å². The van der Waals surface area contributed by atoms with Gasteiger partial charge >= 0.3 is 0 Å². The Morgan fingerprint density at radius 1 is 1.25 bits per heavy atom. The largest absolute Gasteiger partial charge is 0.324 e. The van der Waals surface area contributed by atoms with Crippen molar-refractivity contribution in [2.45, 2.75) is 18.9 Å². The summed E-state index contributed by atoms with van der Waals surface area (Å²) >= 11 is 5.87. The number of piperidine rings is 1. The number of hydrogen-bond donors (Lipinski definition) is 1. The van der Waals surface area contributed by atoms with Crippen LogP contribution in [0.2, 0.25) is 5.02 Å². The second-order valence-electron chi connectivity index (χ2n) is 4.72. The van der Waals surface area contributed by atoms with E-state index in [1.807, 2.05) is 24.3 Å². The molecule has 0 spiro atoms. The van der Waals surface area contributed by atoms with Crippen molar-refractivity contribution in [2.75, 3.05) is 20.1 Å². The molecule has 0 aromatic heterocycles. The molecule has 88 valence electrons. The highest BCUT2D eigenvalue weighted by Crippen LogP contribution is 2.28. The number of rotatable bonds is 2. The lowest BCUT2D eigenvalue weighted by Gasteiger charge is -2.32. The van der Waals surface area contributed by atoms with Crippen molar-refractivity contribution in [3.8, 4) is 0 Å². The Morgan fingerprint density at radius 2 is 1.81 bits per heavy atom. The van der Waals surface area contributed by atoms with Gasteiger partial charge in [0.05, 0.1) is 0 Å². The van der Waals surface area contributed by atoms with Crippen LogP contribution in [0.3, 0.4) is 0 Å². The zero-order valence-corrected chi connectivity index (χ0v) is 10.5. The number of halogens is 1. The van der Waals surface area contributed by atoms with Crippen LogP contribution < -0.4 is 5.73 Å².